The lowest BCUT2D eigenvalue weighted by atomic mass is 9.98. The molecule has 0 amide bonds. The molecule has 0 aromatic carbocycles. The average molecular weight is 250 g/mol. The Kier molecular flexibility index (Phi) is 2.79. The molecule has 2 unspecified atom stereocenters. The van der Waals surface area contributed by atoms with Crippen molar-refractivity contribution in [3.63, 3.8) is 0 Å². The highest BCUT2D eigenvalue weighted by Gasteiger charge is 2.40. The first-order valence-electron chi connectivity index (χ1n) is 6.73. The maximum absolute atomic E-state index is 4.83. The Morgan fingerprint density at radius 2 is 2.18 bits per heavy atom. The van der Waals surface area contributed by atoms with Crippen molar-refractivity contribution in [2.45, 2.75) is 57.4 Å². The average Bonchev–Trinajstić information content (AvgIpc) is 3.14. The molecule has 94 valence electrons. The molecule has 3 heteroatoms. The van der Waals surface area contributed by atoms with Gasteiger partial charge in [0.05, 0.1) is 10.7 Å². The Bertz CT molecular complexity index is 401. The Balaban J connectivity index is 1.56. The summed E-state index contributed by atoms with van der Waals surface area (Å²) in [6, 6.07) is 0.844. The van der Waals surface area contributed by atoms with Crippen molar-refractivity contribution in [2.24, 2.45) is 5.92 Å². The highest BCUT2D eigenvalue weighted by Crippen LogP contribution is 2.48. The van der Waals surface area contributed by atoms with Crippen LogP contribution in [0.5, 0.6) is 0 Å². The fourth-order valence-electron chi connectivity index (χ4n) is 2.24. The summed E-state index contributed by atoms with van der Waals surface area (Å²) in [7, 11) is 0. The van der Waals surface area contributed by atoms with Crippen LogP contribution in [0.25, 0.3) is 0 Å². The van der Waals surface area contributed by atoms with Crippen molar-refractivity contribution in [2.75, 3.05) is 6.54 Å². The van der Waals surface area contributed by atoms with Crippen LogP contribution in [-0.2, 0) is 5.41 Å². The third kappa shape index (κ3) is 2.71. The van der Waals surface area contributed by atoms with Crippen LogP contribution in [0, 0.1) is 5.92 Å². The fraction of sp³-hybridized carbons (Fsp3) is 0.786. The molecular weight excluding hydrogens is 228 g/mol. The van der Waals surface area contributed by atoms with Gasteiger partial charge in [0.2, 0.25) is 0 Å². The monoisotopic (exact) mass is 250 g/mol. The summed E-state index contributed by atoms with van der Waals surface area (Å²) in [5.41, 5.74) is 1.56. The Morgan fingerprint density at radius 1 is 1.41 bits per heavy atom. The topological polar surface area (TPSA) is 24.9 Å². The first-order valence-corrected chi connectivity index (χ1v) is 7.61. The van der Waals surface area contributed by atoms with E-state index in [4.69, 9.17) is 4.98 Å². The zero-order valence-electron chi connectivity index (χ0n) is 11.0. The number of hydrogen-bond acceptors (Lipinski definition) is 3. The highest BCUT2D eigenvalue weighted by molar-refractivity contribution is 7.09. The van der Waals surface area contributed by atoms with Gasteiger partial charge in [0.15, 0.2) is 0 Å². The number of nitrogens with zero attached hydrogens (tertiary/aromatic N) is 1. The predicted molar refractivity (Wildman–Crippen MR) is 72.7 cm³/mol. The van der Waals surface area contributed by atoms with Crippen LogP contribution in [0.1, 0.15) is 56.7 Å². The predicted octanol–water partition coefficient (Wildman–Crippen LogP) is 3.30. The second-order valence-electron chi connectivity index (χ2n) is 6.61. The first-order chi connectivity index (χ1) is 8.04. The van der Waals surface area contributed by atoms with E-state index < -0.39 is 0 Å². The first kappa shape index (κ1) is 11.7. The summed E-state index contributed by atoms with van der Waals surface area (Å²) in [4.78, 5) is 4.83. The molecule has 1 aromatic rings. The van der Waals surface area contributed by atoms with Crippen LogP contribution < -0.4 is 5.32 Å². The van der Waals surface area contributed by atoms with E-state index in [1.165, 1.54) is 36.5 Å². The van der Waals surface area contributed by atoms with Crippen LogP contribution in [0.4, 0.5) is 0 Å². The maximum Gasteiger partial charge on any atom is 0.0981 e. The second kappa shape index (κ2) is 4.06. The Morgan fingerprint density at radius 3 is 2.76 bits per heavy atom. The summed E-state index contributed by atoms with van der Waals surface area (Å²) >= 11 is 1.83. The molecular formula is C14H22N2S. The highest BCUT2D eigenvalue weighted by atomic mass is 32.1. The van der Waals surface area contributed by atoms with Gasteiger partial charge < -0.3 is 5.32 Å². The quantitative estimate of drug-likeness (QED) is 0.887. The molecule has 2 aliphatic rings. The maximum atomic E-state index is 4.83. The van der Waals surface area contributed by atoms with Gasteiger partial charge >= 0.3 is 0 Å². The van der Waals surface area contributed by atoms with Gasteiger partial charge in [-0.2, -0.15) is 0 Å². The van der Waals surface area contributed by atoms with Crippen molar-refractivity contribution >= 4 is 11.3 Å². The summed E-state index contributed by atoms with van der Waals surface area (Å²) < 4.78 is 0. The van der Waals surface area contributed by atoms with E-state index >= 15 is 0 Å². The van der Waals surface area contributed by atoms with E-state index in [9.17, 15) is 0 Å². The van der Waals surface area contributed by atoms with Crippen LogP contribution >= 0.6 is 11.3 Å². The molecule has 1 heterocycles. The van der Waals surface area contributed by atoms with Crippen LogP contribution in [0.15, 0.2) is 5.38 Å². The Labute approximate surface area is 108 Å². The standard InChI is InChI=1S/C14H22N2S/c1-14(2,3)13-16-12(8-17-13)11-6-9(11)7-15-10-4-5-10/h8-11,15H,4-7H2,1-3H3. The van der Waals surface area contributed by atoms with E-state index in [0.29, 0.717) is 0 Å². The lowest BCUT2D eigenvalue weighted by molar-refractivity contribution is 0.580. The van der Waals surface area contributed by atoms with Crippen LogP contribution in [-0.4, -0.2) is 17.6 Å². The zero-order chi connectivity index (χ0) is 12.0. The van der Waals surface area contributed by atoms with Gasteiger partial charge in [-0.25, -0.2) is 4.98 Å². The largest absolute Gasteiger partial charge is 0.314 e. The van der Waals surface area contributed by atoms with Gasteiger partial charge in [-0.15, -0.1) is 11.3 Å². The lowest BCUT2D eigenvalue weighted by Gasteiger charge is -2.13. The number of aromatic nitrogens is 1. The third-order valence-corrected chi connectivity index (χ3v) is 5.00. The molecule has 0 saturated heterocycles. The van der Waals surface area contributed by atoms with Gasteiger partial charge in [0.25, 0.3) is 0 Å². The van der Waals surface area contributed by atoms with E-state index in [1.54, 1.807) is 0 Å². The second-order valence-corrected chi connectivity index (χ2v) is 7.47. The molecule has 2 aliphatic carbocycles. The third-order valence-electron chi connectivity index (χ3n) is 3.71. The number of rotatable bonds is 4. The number of hydrogen-bond donors (Lipinski definition) is 1. The molecule has 2 atom stereocenters. The fourth-order valence-corrected chi connectivity index (χ4v) is 3.21. The van der Waals surface area contributed by atoms with Crippen molar-refractivity contribution in [3.05, 3.63) is 16.1 Å². The minimum absolute atomic E-state index is 0.208. The molecule has 2 fully saturated rings. The molecule has 2 saturated carbocycles. The summed E-state index contributed by atoms with van der Waals surface area (Å²) in [5.74, 6) is 1.60. The van der Waals surface area contributed by atoms with Gasteiger partial charge in [-0.1, -0.05) is 20.8 Å². The summed E-state index contributed by atoms with van der Waals surface area (Å²) in [5, 5.41) is 7.20. The molecule has 1 aromatic heterocycles. The Hall–Kier alpha value is -0.410. The van der Waals surface area contributed by atoms with Gasteiger partial charge in [-0.3, -0.25) is 0 Å². The van der Waals surface area contributed by atoms with Crippen LogP contribution in [0.3, 0.4) is 0 Å². The number of thiazole rings is 1. The summed E-state index contributed by atoms with van der Waals surface area (Å²) in [6.07, 6.45) is 4.12. The SMILES string of the molecule is CC(C)(C)c1nc(C2CC2CNC2CC2)cs1. The van der Waals surface area contributed by atoms with E-state index in [1.807, 2.05) is 11.3 Å². The van der Waals surface area contributed by atoms with Crippen molar-refractivity contribution in [1.29, 1.82) is 0 Å². The van der Waals surface area contributed by atoms with Crippen molar-refractivity contribution in [3.8, 4) is 0 Å². The van der Waals surface area contributed by atoms with Crippen LogP contribution in [0.2, 0.25) is 0 Å². The molecule has 17 heavy (non-hydrogen) atoms. The van der Waals surface area contributed by atoms with Gasteiger partial charge in [0, 0.05) is 22.8 Å². The van der Waals surface area contributed by atoms with Gasteiger partial charge in [0.1, 0.15) is 0 Å². The van der Waals surface area contributed by atoms with Gasteiger partial charge in [-0.05, 0) is 31.7 Å². The van der Waals surface area contributed by atoms with Crippen molar-refractivity contribution in [1.82, 2.24) is 10.3 Å². The van der Waals surface area contributed by atoms with E-state index in [0.717, 1.165) is 17.9 Å². The normalized spacial score (nSPS) is 28.4. The minimum atomic E-state index is 0.208. The zero-order valence-corrected chi connectivity index (χ0v) is 11.8. The van der Waals surface area contributed by atoms with E-state index in [2.05, 4.69) is 31.5 Å². The van der Waals surface area contributed by atoms with E-state index in [-0.39, 0.29) is 5.41 Å². The smallest absolute Gasteiger partial charge is 0.0981 e. The lowest BCUT2D eigenvalue weighted by Crippen LogP contribution is -2.19. The molecule has 3 rings (SSSR count). The minimum Gasteiger partial charge on any atom is -0.314 e. The van der Waals surface area contributed by atoms with Crippen molar-refractivity contribution < 1.29 is 0 Å². The molecule has 0 bridgehead atoms. The number of nitrogens with one attached hydrogen (secondary N) is 1. The molecule has 2 nitrogen and oxygen atoms in total. The molecule has 0 radical (unpaired) electrons. The summed E-state index contributed by atoms with van der Waals surface area (Å²) in [6.45, 7) is 7.94. The molecule has 1 N–H and O–H groups in total. The molecule has 0 aliphatic heterocycles. The molecule has 0 spiro atoms.